The van der Waals surface area contributed by atoms with E-state index in [9.17, 15) is 20.0 Å². The van der Waals surface area contributed by atoms with Crippen LogP contribution in [0.25, 0.3) is 0 Å². The molecule has 0 radical (unpaired) electrons. The summed E-state index contributed by atoms with van der Waals surface area (Å²) < 4.78 is 11.6. The molecule has 0 aliphatic carbocycles. The Hall–Kier alpha value is -2.72. The Kier molecular flexibility index (Phi) is 9.67. The Balaban J connectivity index is 1.93. The van der Waals surface area contributed by atoms with Gasteiger partial charge in [-0.1, -0.05) is 13.8 Å². The van der Waals surface area contributed by atoms with Crippen LogP contribution in [-0.4, -0.2) is 53.5 Å². The minimum absolute atomic E-state index is 0.0681. The highest BCUT2D eigenvalue weighted by atomic mass is 16.7. The molecule has 1 amide bonds. The van der Waals surface area contributed by atoms with Gasteiger partial charge in [0.05, 0.1) is 4.92 Å². The molecule has 10 heteroatoms. The number of carbonyl (C=O) groups is 1. The molecular formula is C21H32N4O6. The maximum Gasteiger partial charge on any atom is 0.287 e. The maximum absolute atomic E-state index is 12.6. The van der Waals surface area contributed by atoms with Crippen molar-refractivity contribution in [1.82, 2.24) is 10.3 Å². The molecule has 0 fully saturated rings. The van der Waals surface area contributed by atoms with Crippen LogP contribution in [0, 0.1) is 27.9 Å². The number of nitrogens with one attached hydrogen (secondary N) is 2. The van der Waals surface area contributed by atoms with E-state index in [0.717, 1.165) is 6.42 Å². The van der Waals surface area contributed by atoms with Gasteiger partial charge in [-0.15, -0.1) is 0 Å². The Morgan fingerprint density at radius 3 is 2.74 bits per heavy atom. The fourth-order valence-corrected chi connectivity index (χ4v) is 3.58. The molecule has 3 atom stereocenters. The number of rotatable bonds is 12. The van der Waals surface area contributed by atoms with Crippen LogP contribution in [0.1, 0.15) is 33.6 Å². The van der Waals surface area contributed by atoms with E-state index in [1.807, 2.05) is 13.0 Å². The summed E-state index contributed by atoms with van der Waals surface area (Å²) in [6.45, 7) is 7.35. The van der Waals surface area contributed by atoms with Crippen molar-refractivity contribution < 1.29 is 24.3 Å². The Morgan fingerprint density at radius 2 is 2.16 bits per heavy atom. The van der Waals surface area contributed by atoms with Gasteiger partial charge in [0.15, 0.2) is 5.76 Å². The molecule has 2 rings (SSSR count). The van der Waals surface area contributed by atoms with Gasteiger partial charge in [0, 0.05) is 38.3 Å². The summed E-state index contributed by atoms with van der Waals surface area (Å²) in [5.74, 6) is 0.850. The van der Waals surface area contributed by atoms with Crippen molar-refractivity contribution in [3.05, 3.63) is 40.3 Å². The Labute approximate surface area is 182 Å². The number of carbonyl (C=O) groups excluding carboxylic acids is 1. The lowest BCUT2D eigenvalue weighted by atomic mass is 9.78. The number of aliphatic hydroxyl groups excluding tert-OH is 1. The van der Waals surface area contributed by atoms with Crippen LogP contribution in [0.2, 0.25) is 0 Å². The zero-order valence-electron chi connectivity index (χ0n) is 18.2. The summed E-state index contributed by atoms with van der Waals surface area (Å²) in [6.07, 6.45) is 3.91. The summed E-state index contributed by atoms with van der Waals surface area (Å²) in [4.78, 5) is 26.8. The third-order valence-corrected chi connectivity index (χ3v) is 5.13. The van der Waals surface area contributed by atoms with Crippen LogP contribution >= 0.6 is 0 Å². The Bertz CT molecular complexity index is 753. The number of aromatic nitrogens is 1. The lowest BCUT2D eigenvalue weighted by Crippen LogP contribution is -2.41. The second kappa shape index (κ2) is 12.2. The van der Waals surface area contributed by atoms with Crippen molar-refractivity contribution in [3.8, 4) is 0 Å². The molecule has 0 aromatic carbocycles. The summed E-state index contributed by atoms with van der Waals surface area (Å²) >= 11 is 0. The molecular weight excluding hydrogens is 404 g/mol. The normalized spacial score (nSPS) is 20.7. The first kappa shape index (κ1) is 24.5. The van der Waals surface area contributed by atoms with Crippen molar-refractivity contribution in [2.24, 2.45) is 17.8 Å². The summed E-state index contributed by atoms with van der Waals surface area (Å²) in [6, 6.07) is 2.88. The molecule has 1 aliphatic heterocycles. The second-order valence-corrected chi connectivity index (χ2v) is 7.66. The Morgan fingerprint density at radius 1 is 1.39 bits per heavy atom. The summed E-state index contributed by atoms with van der Waals surface area (Å²) in [5.41, 5.74) is -0.0823. The summed E-state index contributed by atoms with van der Waals surface area (Å²) in [7, 11) is 0. The van der Waals surface area contributed by atoms with Gasteiger partial charge in [-0.25, -0.2) is 4.98 Å². The molecule has 0 saturated carbocycles. The van der Waals surface area contributed by atoms with Gasteiger partial charge in [0.1, 0.15) is 12.0 Å². The standard InChI is InChI=1S/C21H32N4O6/c1-4-30-21-16(6-5-11-26)17(14(2)3)12-18(31-21)20(27)23-10-9-22-19-8-7-15(13-24-19)25(28)29/h7-8,12-14,16-17,21,26H,4-6,9-11H2,1-3H3,(H,22,24)(H,23,27)/t16-,17+,21+/m1/s1. The average molecular weight is 437 g/mol. The third-order valence-electron chi connectivity index (χ3n) is 5.13. The van der Waals surface area contributed by atoms with Gasteiger partial charge in [-0.05, 0) is 43.7 Å². The molecule has 1 aliphatic rings. The zero-order valence-corrected chi connectivity index (χ0v) is 18.2. The van der Waals surface area contributed by atoms with Gasteiger partial charge >= 0.3 is 0 Å². The van der Waals surface area contributed by atoms with Crippen molar-refractivity contribution in [3.63, 3.8) is 0 Å². The lowest BCUT2D eigenvalue weighted by Gasteiger charge is -2.38. The molecule has 3 N–H and O–H groups in total. The molecule has 1 aromatic heterocycles. The van der Waals surface area contributed by atoms with Gasteiger partial charge in [0.25, 0.3) is 11.6 Å². The number of nitro groups is 1. The van der Waals surface area contributed by atoms with Gasteiger partial charge in [-0.3, -0.25) is 14.9 Å². The van der Waals surface area contributed by atoms with Crippen LogP contribution < -0.4 is 10.6 Å². The van der Waals surface area contributed by atoms with Crippen molar-refractivity contribution >= 4 is 17.4 Å². The van der Waals surface area contributed by atoms with E-state index in [1.54, 1.807) is 0 Å². The first-order valence-corrected chi connectivity index (χ1v) is 10.6. The number of ether oxygens (including phenoxy) is 2. The number of hydrogen-bond donors (Lipinski definition) is 3. The van der Waals surface area contributed by atoms with Gasteiger partial charge in [-0.2, -0.15) is 0 Å². The van der Waals surface area contributed by atoms with E-state index in [4.69, 9.17) is 9.47 Å². The van der Waals surface area contributed by atoms with Crippen LogP contribution in [0.3, 0.4) is 0 Å². The van der Waals surface area contributed by atoms with Crippen molar-refractivity contribution in [2.45, 2.75) is 39.9 Å². The predicted octanol–water partition coefficient (Wildman–Crippen LogP) is 2.46. The van der Waals surface area contributed by atoms with Gasteiger partial charge in [0.2, 0.25) is 6.29 Å². The van der Waals surface area contributed by atoms with Crippen LogP contribution in [-0.2, 0) is 14.3 Å². The first-order valence-electron chi connectivity index (χ1n) is 10.6. The molecule has 1 aromatic rings. The van der Waals surface area contributed by atoms with E-state index in [0.29, 0.717) is 31.9 Å². The minimum atomic E-state index is -0.530. The van der Waals surface area contributed by atoms with E-state index in [-0.39, 0.29) is 41.7 Å². The number of amides is 1. The van der Waals surface area contributed by atoms with Crippen molar-refractivity contribution in [2.75, 3.05) is 31.6 Å². The van der Waals surface area contributed by atoms with Crippen LogP contribution in [0.15, 0.2) is 30.2 Å². The van der Waals surface area contributed by atoms with E-state index in [1.165, 1.54) is 18.3 Å². The smallest absolute Gasteiger partial charge is 0.287 e. The lowest BCUT2D eigenvalue weighted by molar-refractivity contribution is -0.385. The van der Waals surface area contributed by atoms with E-state index >= 15 is 0 Å². The van der Waals surface area contributed by atoms with Crippen LogP contribution in [0.4, 0.5) is 11.5 Å². The molecule has 0 unspecified atom stereocenters. The zero-order chi connectivity index (χ0) is 22.8. The number of hydrogen-bond acceptors (Lipinski definition) is 8. The predicted molar refractivity (Wildman–Crippen MR) is 115 cm³/mol. The maximum atomic E-state index is 12.6. The quantitative estimate of drug-likeness (QED) is 0.258. The topological polar surface area (TPSA) is 136 Å². The van der Waals surface area contributed by atoms with E-state index < -0.39 is 11.2 Å². The number of pyridine rings is 1. The first-order chi connectivity index (χ1) is 14.9. The van der Waals surface area contributed by atoms with Crippen molar-refractivity contribution in [1.29, 1.82) is 0 Å². The molecule has 31 heavy (non-hydrogen) atoms. The fourth-order valence-electron chi connectivity index (χ4n) is 3.58. The average Bonchev–Trinajstić information content (AvgIpc) is 2.75. The molecule has 0 saturated heterocycles. The SMILES string of the molecule is CCO[C@H]1OC(C(=O)NCCNc2ccc([N+](=O)[O-])cn2)=C[C@@H](C(C)C)[C@H]1CCCO. The highest BCUT2D eigenvalue weighted by molar-refractivity contribution is 5.91. The molecule has 0 bridgehead atoms. The molecule has 0 spiro atoms. The number of anilines is 1. The summed E-state index contributed by atoms with van der Waals surface area (Å²) in [5, 5.41) is 25.7. The highest BCUT2D eigenvalue weighted by Gasteiger charge is 2.38. The third kappa shape index (κ3) is 7.18. The van der Waals surface area contributed by atoms with Gasteiger partial charge < -0.3 is 25.2 Å². The highest BCUT2D eigenvalue weighted by Crippen LogP contribution is 2.36. The molecule has 172 valence electrons. The number of aliphatic hydroxyl groups is 1. The monoisotopic (exact) mass is 436 g/mol. The van der Waals surface area contributed by atoms with E-state index in [2.05, 4.69) is 29.5 Å². The minimum Gasteiger partial charge on any atom is -0.459 e. The fraction of sp³-hybridized carbons (Fsp3) is 0.619. The molecule has 2 heterocycles. The largest absolute Gasteiger partial charge is 0.459 e. The molecule has 10 nitrogen and oxygen atoms in total. The van der Waals surface area contributed by atoms with Crippen LogP contribution in [0.5, 0.6) is 0 Å². The number of allylic oxidation sites excluding steroid dienone is 1. The second-order valence-electron chi connectivity index (χ2n) is 7.66. The number of nitrogens with zero attached hydrogens (tertiary/aromatic N) is 2.